The highest BCUT2D eigenvalue weighted by Crippen LogP contribution is 2.34. The van der Waals surface area contributed by atoms with Gasteiger partial charge in [0.15, 0.2) is 0 Å². The van der Waals surface area contributed by atoms with Gasteiger partial charge in [-0.1, -0.05) is 18.0 Å². The molecule has 2 unspecified atom stereocenters. The molecule has 1 aromatic rings. The van der Waals surface area contributed by atoms with Gasteiger partial charge in [0, 0.05) is 12.1 Å². The number of hydrogen-bond donors (Lipinski definition) is 1. The molecular formula is C13H18ClFN2O2S. The van der Waals surface area contributed by atoms with E-state index in [0.29, 0.717) is 0 Å². The second-order valence-electron chi connectivity index (χ2n) is 5.27. The number of nitrogens with two attached hydrogens (primary N) is 1. The molecule has 2 rings (SSSR count). The van der Waals surface area contributed by atoms with E-state index >= 15 is 0 Å². The maximum absolute atomic E-state index is 13.3. The van der Waals surface area contributed by atoms with Crippen LogP contribution in [0.5, 0.6) is 0 Å². The normalized spacial score (nSPS) is 24.8. The van der Waals surface area contributed by atoms with E-state index in [-0.39, 0.29) is 27.7 Å². The van der Waals surface area contributed by atoms with Crippen LogP contribution in [0, 0.1) is 5.82 Å². The molecule has 20 heavy (non-hydrogen) atoms. The summed E-state index contributed by atoms with van der Waals surface area (Å²) in [6, 6.07) is 1.83. The van der Waals surface area contributed by atoms with Gasteiger partial charge in [0.2, 0.25) is 10.0 Å². The van der Waals surface area contributed by atoms with Crippen molar-refractivity contribution in [3.8, 4) is 0 Å². The summed E-state index contributed by atoms with van der Waals surface area (Å²) in [7, 11) is -3.78. The first kappa shape index (κ1) is 15.5. The van der Waals surface area contributed by atoms with Crippen molar-refractivity contribution in [3.63, 3.8) is 0 Å². The van der Waals surface area contributed by atoms with Crippen molar-refractivity contribution >= 4 is 27.3 Å². The van der Waals surface area contributed by atoms with Crippen molar-refractivity contribution in [1.29, 1.82) is 0 Å². The predicted molar refractivity (Wildman–Crippen MR) is 77.6 cm³/mol. The second kappa shape index (κ2) is 5.50. The molecule has 2 atom stereocenters. The summed E-state index contributed by atoms with van der Waals surface area (Å²) in [5.41, 5.74) is 5.25. The summed E-state index contributed by atoms with van der Waals surface area (Å²) in [5, 5.41) is -0.137. The monoisotopic (exact) mass is 320 g/mol. The third-order valence-electron chi connectivity index (χ3n) is 3.72. The SMILES string of the molecule is CC1CCCC(C)N1S(=O)(=O)c1cc(N)c(F)cc1Cl. The number of hydrogen-bond acceptors (Lipinski definition) is 3. The minimum absolute atomic E-state index is 0.105. The van der Waals surface area contributed by atoms with Crippen molar-refractivity contribution in [3.05, 3.63) is 23.0 Å². The zero-order valence-electron chi connectivity index (χ0n) is 11.4. The molecule has 1 saturated heterocycles. The average molecular weight is 321 g/mol. The number of piperidine rings is 1. The van der Waals surface area contributed by atoms with Crippen LogP contribution < -0.4 is 5.73 Å². The Hall–Kier alpha value is -0.850. The molecule has 1 aromatic carbocycles. The Morgan fingerprint density at radius 3 is 2.40 bits per heavy atom. The maximum Gasteiger partial charge on any atom is 0.245 e. The summed E-state index contributed by atoms with van der Waals surface area (Å²) in [6.45, 7) is 3.74. The van der Waals surface area contributed by atoms with Crippen LogP contribution in [0.2, 0.25) is 5.02 Å². The first-order chi connectivity index (χ1) is 9.25. The van der Waals surface area contributed by atoms with Crippen molar-refractivity contribution in [2.75, 3.05) is 5.73 Å². The molecule has 1 aliphatic rings. The Kier molecular flexibility index (Phi) is 4.27. The fourth-order valence-corrected chi connectivity index (χ4v) is 5.14. The topological polar surface area (TPSA) is 63.4 Å². The van der Waals surface area contributed by atoms with Crippen LogP contribution >= 0.6 is 11.6 Å². The van der Waals surface area contributed by atoms with Gasteiger partial charge in [0.05, 0.1) is 10.7 Å². The zero-order valence-corrected chi connectivity index (χ0v) is 13.0. The predicted octanol–water partition coefficient (Wildman–Crippen LogP) is 3.01. The van der Waals surface area contributed by atoms with E-state index in [0.717, 1.165) is 31.4 Å². The van der Waals surface area contributed by atoms with E-state index in [1.165, 1.54) is 4.31 Å². The summed E-state index contributed by atoms with van der Waals surface area (Å²) in [4.78, 5) is -0.126. The molecule has 7 heteroatoms. The number of benzene rings is 1. The largest absolute Gasteiger partial charge is 0.396 e. The Morgan fingerprint density at radius 1 is 1.30 bits per heavy atom. The van der Waals surface area contributed by atoms with Gasteiger partial charge in [0.25, 0.3) is 0 Å². The van der Waals surface area contributed by atoms with Crippen LogP contribution in [0.15, 0.2) is 17.0 Å². The van der Waals surface area contributed by atoms with Gasteiger partial charge in [-0.2, -0.15) is 4.31 Å². The van der Waals surface area contributed by atoms with Gasteiger partial charge in [-0.25, -0.2) is 12.8 Å². The van der Waals surface area contributed by atoms with Crippen LogP contribution in [-0.2, 0) is 10.0 Å². The fraction of sp³-hybridized carbons (Fsp3) is 0.538. The third-order valence-corrected chi connectivity index (χ3v) is 6.31. The maximum atomic E-state index is 13.3. The van der Waals surface area contributed by atoms with Crippen LogP contribution in [0.1, 0.15) is 33.1 Å². The quantitative estimate of drug-likeness (QED) is 0.852. The number of nitrogen functional groups attached to an aromatic ring is 1. The molecule has 0 saturated carbocycles. The number of sulfonamides is 1. The Labute approximate surface area is 123 Å². The van der Waals surface area contributed by atoms with Gasteiger partial charge in [-0.15, -0.1) is 0 Å². The van der Waals surface area contributed by atoms with Gasteiger partial charge in [0.1, 0.15) is 10.7 Å². The fourth-order valence-electron chi connectivity index (χ4n) is 2.73. The summed E-state index contributed by atoms with van der Waals surface area (Å²) in [5.74, 6) is -0.714. The molecule has 1 aliphatic heterocycles. The third kappa shape index (κ3) is 2.64. The van der Waals surface area contributed by atoms with E-state index in [1.54, 1.807) is 0 Å². The number of rotatable bonds is 2. The van der Waals surface area contributed by atoms with Crippen molar-refractivity contribution in [2.45, 2.75) is 50.1 Å². The Bertz CT molecular complexity index is 611. The lowest BCUT2D eigenvalue weighted by molar-refractivity contribution is 0.204. The van der Waals surface area contributed by atoms with E-state index in [1.807, 2.05) is 13.8 Å². The molecule has 1 fully saturated rings. The van der Waals surface area contributed by atoms with E-state index in [4.69, 9.17) is 17.3 Å². The van der Waals surface area contributed by atoms with Crippen LogP contribution in [-0.4, -0.2) is 24.8 Å². The molecule has 0 amide bonds. The lowest BCUT2D eigenvalue weighted by Gasteiger charge is -2.37. The molecule has 0 aliphatic carbocycles. The Balaban J connectivity index is 2.52. The lowest BCUT2D eigenvalue weighted by atomic mass is 10.0. The first-order valence-corrected chi connectivity index (χ1v) is 8.35. The minimum Gasteiger partial charge on any atom is -0.396 e. The van der Waals surface area contributed by atoms with Gasteiger partial charge in [-0.3, -0.25) is 0 Å². The zero-order chi connectivity index (χ0) is 15.1. The van der Waals surface area contributed by atoms with Crippen LogP contribution in [0.25, 0.3) is 0 Å². The molecule has 0 aromatic heterocycles. The number of anilines is 1. The first-order valence-electron chi connectivity index (χ1n) is 6.53. The summed E-state index contributed by atoms with van der Waals surface area (Å²) < 4.78 is 40.3. The minimum atomic E-state index is -3.78. The standard InChI is InChI=1S/C13H18ClFN2O2S/c1-8-4-3-5-9(2)17(8)20(18,19)13-7-12(16)11(15)6-10(13)14/h6-9H,3-5,16H2,1-2H3. The molecule has 2 N–H and O–H groups in total. The molecule has 1 heterocycles. The molecular weight excluding hydrogens is 303 g/mol. The molecule has 4 nitrogen and oxygen atoms in total. The van der Waals surface area contributed by atoms with E-state index < -0.39 is 15.8 Å². The van der Waals surface area contributed by atoms with Crippen molar-refractivity contribution < 1.29 is 12.8 Å². The smallest absolute Gasteiger partial charge is 0.245 e. The molecule has 112 valence electrons. The van der Waals surface area contributed by atoms with Crippen molar-refractivity contribution in [1.82, 2.24) is 4.31 Å². The van der Waals surface area contributed by atoms with E-state index in [9.17, 15) is 12.8 Å². The van der Waals surface area contributed by atoms with Gasteiger partial charge < -0.3 is 5.73 Å². The lowest BCUT2D eigenvalue weighted by Crippen LogP contribution is -2.47. The van der Waals surface area contributed by atoms with Crippen LogP contribution in [0.4, 0.5) is 10.1 Å². The molecule has 0 radical (unpaired) electrons. The van der Waals surface area contributed by atoms with Crippen molar-refractivity contribution in [2.24, 2.45) is 0 Å². The van der Waals surface area contributed by atoms with Gasteiger partial charge in [-0.05, 0) is 38.8 Å². The average Bonchev–Trinajstić information content (AvgIpc) is 2.33. The summed E-state index contributed by atoms with van der Waals surface area (Å²) in [6.07, 6.45) is 2.60. The highest BCUT2D eigenvalue weighted by atomic mass is 35.5. The number of halogens is 2. The van der Waals surface area contributed by atoms with Gasteiger partial charge >= 0.3 is 0 Å². The molecule has 0 bridgehead atoms. The van der Waals surface area contributed by atoms with E-state index in [2.05, 4.69) is 0 Å². The summed E-state index contributed by atoms with van der Waals surface area (Å²) >= 11 is 5.90. The van der Waals surface area contributed by atoms with Crippen LogP contribution in [0.3, 0.4) is 0 Å². The highest BCUT2D eigenvalue weighted by molar-refractivity contribution is 7.89. The molecule has 0 spiro atoms. The number of nitrogens with zero attached hydrogens (tertiary/aromatic N) is 1. The second-order valence-corrected chi connectivity index (χ2v) is 7.49. The highest BCUT2D eigenvalue weighted by Gasteiger charge is 2.37. The Morgan fingerprint density at radius 2 is 1.85 bits per heavy atom.